The fourth-order valence-corrected chi connectivity index (χ4v) is 4.25. The molecule has 1 aliphatic heterocycles. The standard InChI is InChI=1S/C27H30FN3O2/c1-33-26-12-5-2-8-22(26)13-14-29-27(32)23-9-6-7-21(19-23)20-30-15-17-31(18-16-30)25-11-4-3-10-24(25)28/h2-12,19H,13-18,20H2,1H3,(H,29,32). The summed E-state index contributed by atoms with van der Waals surface area (Å²) in [5, 5.41) is 3.01. The van der Waals surface area contributed by atoms with Crippen molar-refractivity contribution in [1.82, 2.24) is 10.2 Å². The van der Waals surface area contributed by atoms with E-state index >= 15 is 0 Å². The number of anilines is 1. The number of amides is 1. The third-order valence-electron chi connectivity index (χ3n) is 6.03. The van der Waals surface area contributed by atoms with Crippen molar-refractivity contribution < 1.29 is 13.9 Å². The van der Waals surface area contributed by atoms with Gasteiger partial charge in [-0.3, -0.25) is 9.69 Å². The molecule has 0 atom stereocenters. The maximum Gasteiger partial charge on any atom is 0.251 e. The lowest BCUT2D eigenvalue weighted by Gasteiger charge is -2.36. The number of para-hydroxylation sites is 2. The fourth-order valence-electron chi connectivity index (χ4n) is 4.25. The summed E-state index contributed by atoms with van der Waals surface area (Å²) in [6.45, 7) is 4.58. The number of carbonyl (C=O) groups is 1. The van der Waals surface area contributed by atoms with Gasteiger partial charge in [-0.2, -0.15) is 0 Å². The number of piperazine rings is 1. The van der Waals surface area contributed by atoms with E-state index in [4.69, 9.17) is 4.74 Å². The third kappa shape index (κ3) is 5.90. The molecule has 1 saturated heterocycles. The Kier molecular flexibility index (Phi) is 7.58. The van der Waals surface area contributed by atoms with Gasteiger partial charge >= 0.3 is 0 Å². The third-order valence-corrected chi connectivity index (χ3v) is 6.03. The van der Waals surface area contributed by atoms with E-state index < -0.39 is 0 Å². The molecule has 1 N–H and O–H groups in total. The van der Waals surface area contributed by atoms with E-state index in [1.54, 1.807) is 13.2 Å². The Bertz CT molecular complexity index is 1080. The Balaban J connectivity index is 1.28. The van der Waals surface area contributed by atoms with Crippen LogP contribution in [0.4, 0.5) is 10.1 Å². The summed E-state index contributed by atoms with van der Waals surface area (Å²) in [6, 6.07) is 22.6. The van der Waals surface area contributed by atoms with Gasteiger partial charge in [0.05, 0.1) is 12.8 Å². The maximum absolute atomic E-state index is 14.1. The van der Waals surface area contributed by atoms with Gasteiger partial charge in [0.2, 0.25) is 0 Å². The largest absolute Gasteiger partial charge is 0.496 e. The molecule has 1 fully saturated rings. The molecule has 1 aliphatic rings. The Hall–Kier alpha value is -3.38. The van der Waals surface area contributed by atoms with Crippen molar-refractivity contribution >= 4 is 11.6 Å². The Morgan fingerprint density at radius 3 is 2.52 bits per heavy atom. The molecule has 3 aromatic carbocycles. The van der Waals surface area contributed by atoms with Crippen LogP contribution in [0.3, 0.4) is 0 Å². The number of carbonyl (C=O) groups excluding carboxylic acids is 1. The molecule has 172 valence electrons. The first-order valence-corrected chi connectivity index (χ1v) is 11.3. The quantitative estimate of drug-likeness (QED) is 0.564. The van der Waals surface area contributed by atoms with Gasteiger partial charge in [-0.25, -0.2) is 4.39 Å². The second-order valence-corrected chi connectivity index (χ2v) is 8.23. The van der Waals surface area contributed by atoms with E-state index in [9.17, 15) is 9.18 Å². The molecule has 0 radical (unpaired) electrons. The van der Waals surface area contributed by atoms with Gasteiger partial charge in [0.25, 0.3) is 5.91 Å². The number of rotatable bonds is 8. The molecule has 1 amide bonds. The zero-order valence-corrected chi connectivity index (χ0v) is 19.0. The van der Waals surface area contributed by atoms with Crippen LogP contribution in [-0.4, -0.2) is 50.6 Å². The van der Waals surface area contributed by atoms with Crippen molar-refractivity contribution in [3.05, 3.63) is 95.3 Å². The number of hydrogen-bond acceptors (Lipinski definition) is 4. The van der Waals surface area contributed by atoms with Crippen LogP contribution in [0, 0.1) is 5.82 Å². The first-order chi connectivity index (χ1) is 16.1. The van der Waals surface area contributed by atoms with Crippen LogP contribution in [0.1, 0.15) is 21.5 Å². The second kappa shape index (κ2) is 11.0. The van der Waals surface area contributed by atoms with Crippen molar-refractivity contribution in [2.75, 3.05) is 44.7 Å². The van der Waals surface area contributed by atoms with Gasteiger partial charge in [0.1, 0.15) is 11.6 Å². The number of ether oxygens (including phenoxy) is 1. The molecule has 3 aromatic rings. The Morgan fingerprint density at radius 1 is 0.970 bits per heavy atom. The number of methoxy groups -OCH3 is 1. The van der Waals surface area contributed by atoms with Crippen LogP contribution in [0.5, 0.6) is 5.75 Å². The monoisotopic (exact) mass is 447 g/mol. The molecular weight excluding hydrogens is 417 g/mol. The highest BCUT2D eigenvalue weighted by Gasteiger charge is 2.19. The predicted octanol–water partition coefficient (Wildman–Crippen LogP) is 4.13. The Labute approximate surface area is 194 Å². The summed E-state index contributed by atoms with van der Waals surface area (Å²) in [5.74, 6) is 0.593. The van der Waals surface area contributed by atoms with Gasteiger partial charge < -0.3 is 15.0 Å². The van der Waals surface area contributed by atoms with E-state index in [1.807, 2.05) is 54.6 Å². The lowest BCUT2D eigenvalue weighted by Crippen LogP contribution is -2.46. The van der Waals surface area contributed by atoms with Gasteiger partial charge in [-0.1, -0.05) is 42.5 Å². The van der Waals surface area contributed by atoms with Crippen LogP contribution in [0.2, 0.25) is 0 Å². The molecule has 0 unspecified atom stereocenters. The van der Waals surface area contributed by atoms with E-state index in [0.717, 1.165) is 49.6 Å². The average Bonchev–Trinajstić information content (AvgIpc) is 2.85. The van der Waals surface area contributed by atoms with Gasteiger partial charge in [-0.05, 0) is 47.9 Å². The molecule has 0 saturated carbocycles. The van der Waals surface area contributed by atoms with Gasteiger partial charge in [0.15, 0.2) is 0 Å². The molecule has 0 aliphatic carbocycles. The van der Waals surface area contributed by atoms with Crippen LogP contribution >= 0.6 is 0 Å². The first-order valence-electron chi connectivity index (χ1n) is 11.3. The minimum atomic E-state index is -0.171. The second-order valence-electron chi connectivity index (χ2n) is 8.23. The molecule has 5 nitrogen and oxygen atoms in total. The smallest absolute Gasteiger partial charge is 0.251 e. The lowest BCUT2D eigenvalue weighted by molar-refractivity contribution is 0.0954. The number of halogens is 1. The fraction of sp³-hybridized carbons (Fsp3) is 0.296. The van der Waals surface area contributed by atoms with E-state index in [0.29, 0.717) is 24.2 Å². The molecule has 1 heterocycles. The zero-order chi connectivity index (χ0) is 23.0. The summed E-state index contributed by atoms with van der Waals surface area (Å²) >= 11 is 0. The molecule has 4 rings (SSSR count). The normalized spacial score (nSPS) is 14.2. The molecular formula is C27H30FN3O2. The predicted molar refractivity (Wildman–Crippen MR) is 129 cm³/mol. The van der Waals surface area contributed by atoms with Crippen LogP contribution in [-0.2, 0) is 13.0 Å². The minimum Gasteiger partial charge on any atom is -0.496 e. The minimum absolute atomic E-state index is 0.0730. The summed E-state index contributed by atoms with van der Waals surface area (Å²) < 4.78 is 19.4. The lowest BCUT2D eigenvalue weighted by atomic mass is 10.1. The number of benzene rings is 3. The summed E-state index contributed by atoms with van der Waals surface area (Å²) in [7, 11) is 1.66. The number of nitrogens with zero attached hydrogens (tertiary/aromatic N) is 2. The molecule has 0 spiro atoms. The summed E-state index contributed by atoms with van der Waals surface area (Å²) in [6.07, 6.45) is 0.710. The average molecular weight is 448 g/mol. The topological polar surface area (TPSA) is 44.8 Å². The van der Waals surface area contributed by atoms with Gasteiger partial charge in [0, 0.05) is 44.8 Å². The molecule has 0 bridgehead atoms. The van der Waals surface area contributed by atoms with E-state index in [-0.39, 0.29) is 11.7 Å². The zero-order valence-electron chi connectivity index (χ0n) is 19.0. The van der Waals surface area contributed by atoms with Gasteiger partial charge in [-0.15, -0.1) is 0 Å². The highest BCUT2D eigenvalue weighted by atomic mass is 19.1. The van der Waals surface area contributed by atoms with Crippen LogP contribution in [0.25, 0.3) is 0 Å². The Morgan fingerprint density at radius 2 is 1.73 bits per heavy atom. The molecule has 33 heavy (non-hydrogen) atoms. The highest BCUT2D eigenvalue weighted by molar-refractivity contribution is 5.94. The van der Waals surface area contributed by atoms with Crippen molar-refractivity contribution in [3.63, 3.8) is 0 Å². The van der Waals surface area contributed by atoms with E-state index in [2.05, 4.69) is 21.2 Å². The number of hydrogen-bond donors (Lipinski definition) is 1. The first kappa shape index (κ1) is 22.8. The van der Waals surface area contributed by atoms with E-state index in [1.165, 1.54) is 6.07 Å². The number of nitrogens with one attached hydrogen (secondary N) is 1. The van der Waals surface area contributed by atoms with Crippen molar-refractivity contribution in [1.29, 1.82) is 0 Å². The van der Waals surface area contributed by atoms with Crippen LogP contribution in [0.15, 0.2) is 72.8 Å². The molecule has 6 heteroatoms. The van der Waals surface area contributed by atoms with Crippen molar-refractivity contribution in [2.24, 2.45) is 0 Å². The molecule has 0 aromatic heterocycles. The SMILES string of the molecule is COc1ccccc1CCNC(=O)c1cccc(CN2CCN(c3ccccc3F)CC2)c1. The van der Waals surface area contributed by atoms with Crippen molar-refractivity contribution in [2.45, 2.75) is 13.0 Å². The maximum atomic E-state index is 14.1. The summed E-state index contributed by atoms with van der Waals surface area (Å²) in [4.78, 5) is 17.1. The van der Waals surface area contributed by atoms with Crippen molar-refractivity contribution in [3.8, 4) is 5.75 Å². The summed E-state index contributed by atoms with van der Waals surface area (Å²) in [5.41, 5.74) is 3.51. The van der Waals surface area contributed by atoms with Crippen LogP contribution < -0.4 is 15.0 Å². The highest BCUT2D eigenvalue weighted by Crippen LogP contribution is 2.21.